The third-order valence-corrected chi connectivity index (χ3v) is 4.77. The van der Waals surface area contributed by atoms with Crippen LogP contribution < -0.4 is 5.32 Å². The lowest BCUT2D eigenvalue weighted by atomic mass is 10.1. The highest BCUT2D eigenvalue weighted by Gasteiger charge is 2.36. The summed E-state index contributed by atoms with van der Waals surface area (Å²) in [6, 6.07) is 13.6. The predicted octanol–water partition coefficient (Wildman–Crippen LogP) is 3.66. The molecular formula is C18H21NO. The SMILES string of the molecule is CC1CC1c1ccc(CNC2Cc3ccccc3C2)o1. The summed E-state index contributed by atoms with van der Waals surface area (Å²) >= 11 is 0. The van der Waals surface area contributed by atoms with Gasteiger partial charge in [0.2, 0.25) is 0 Å². The lowest BCUT2D eigenvalue weighted by Gasteiger charge is -2.10. The van der Waals surface area contributed by atoms with Crippen LogP contribution in [0.2, 0.25) is 0 Å². The van der Waals surface area contributed by atoms with E-state index in [1.54, 1.807) is 0 Å². The molecule has 1 fully saturated rings. The average molecular weight is 267 g/mol. The molecule has 2 nitrogen and oxygen atoms in total. The molecule has 0 aliphatic heterocycles. The molecule has 4 rings (SSSR count). The van der Waals surface area contributed by atoms with E-state index in [2.05, 4.69) is 48.6 Å². The standard InChI is InChI=1S/C18H21NO/c1-12-8-17(12)18-7-6-16(20-18)11-19-15-9-13-4-2-3-5-14(13)10-15/h2-7,12,15,17,19H,8-11H2,1H3. The van der Waals surface area contributed by atoms with Gasteiger partial charge in [0.15, 0.2) is 0 Å². The number of nitrogens with one attached hydrogen (secondary N) is 1. The normalized spacial score (nSPS) is 24.9. The van der Waals surface area contributed by atoms with Crippen molar-refractivity contribution in [2.24, 2.45) is 5.92 Å². The minimum atomic E-state index is 0.556. The lowest BCUT2D eigenvalue weighted by molar-refractivity contribution is 0.423. The zero-order valence-corrected chi connectivity index (χ0v) is 11.9. The van der Waals surface area contributed by atoms with Gasteiger partial charge in [0, 0.05) is 12.0 Å². The quantitative estimate of drug-likeness (QED) is 0.914. The smallest absolute Gasteiger partial charge is 0.117 e. The van der Waals surface area contributed by atoms with E-state index < -0.39 is 0 Å². The van der Waals surface area contributed by atoms with Crippen LogP contribution in [-0.2, 0) is 19.4 Å². The Morgan fingerprint density at radius 2 is 1.80 bits per heavy atom. The number of benzene rings is 1. The Bertz CT molecular complexity index is 590. The van der Waals surface area contributed by atoms with Gasteiger partial charge in [0.25, 0.3) is 0 Å². The first-order chi connectivity index (χ1) is 9.79. The Labute approximate surface area is 120 Å². The number of hydrogen-bond donors (Lipinski definition) is 1. The zero-order chi connectivity index (χ0) is 13.5. The second-order valence-electron chi connectivity index (χ2n) is 6.38. The Morgan fingerprint density at radius 1 is 1.10 bits per heavy atom. The van der Waals surface area contributed by atoms with Crippen LogP contribution in [-0.4, -0.2) is 6.04 Å². The minimum absolute atomic E-state index is 0.556. The molecule has 0 radical (unpaired) electrons. The minimum Gasteiger partial charge on any atom is -0.464 e. The summed E-state index contributed by atoms with van der Waals surface area (Å²) in [5, 5.41) is 3.63. The van der Waals surface area contributed by atoms with E-state index in [1.807, 2.05) is 0 Å². The predicted molar refractivity (Wildman–Crippen MR) is 79.7 cm³/mol. The van der Waals surface area contributed by atoms with E-state index in [1.165, 1.54) is 23.3 Å². The summed E-state index contributed by atoms with van der Waals surface area (Å²) in [5.41, 5.74) is 2.99. The van der Waals surface area contributed by atoms with Crippen LogP contribution >= 0.6 is 0 Å². The van der Waals surface area contributed by atoms with Crippen LogP contribution in [0.4, 0.5) is 0 Å². The van der Waals surface area contributed by atoms with E-state index >= 15 is 0 Å². The van der Waals surface area contributed by atoms with Crippen LogP contribution in [0.5, 0.6) is 0 Å². The maximum atomic E-state index is 5.95. The van der Waals surface area contributed by atoms with Gasteiger partial charge >= 0.3 is 0 Å². The van der Waals surface area contributed by atoms with E-state index in [9.17, 15) is 0 Å². The number of furan rings is 1. The van der Waals surface area contributed by atoms with Crippen molar-refractivity contribution in [1.82, 2.24) is 5.32 Å². The Hall–Kier alpha value is -1.54. The van der Waals surface area contributed by atoms with Gasteiger partial charge in [-0.2, -0.15) is 0 Å². The molecule has 104 valence electrons. The summed E-state index contributed by atoms with van der Waals surface area (Å²) < 4.78 is 5.95. The maximum Gasteiger partial charge on any atom is 0.117 e. The molecular weight excluding hydrogens is 246 g/mol. The van der Waals surface area contributed by atoms with Crippen molar-refractivity contribution in [2.75, 3.05) is 0 Å². The molecule has 0 bridgehead atoms. The highest BCUT2D eigenvalue weighted by Crippen LogP contribution is 2.47. The molecule has 1 heterocycles. The molecule has 2 atom stereocenters. The van der Waals surface area contributed by atoms with Gasteiger partial charge in [-0.3, -0.25) is 0 Å². The molecule has 2 heteroatoms. The molecule has 1 aromatic carbocycles. The molecule has 0 saturated heterocycles. The van der Waals surface area contributed by atoms with Crippen LogP contribution in [0.1, 0.15) is 41.9 Å². The molecule has 2 aliphatic carbocycles. The third kappa shape index (κ3) is 2.29. The summed E-state index contributed by atoms with van der Waals surface area (Å²) in [4.78, 5) is 0. The third-order valence-electron chi connectivity index (χ3n) is 4.77. The lowest BCUT2D eigenvalue weighted by Crippen LogP contribution is -2.28. The Morgan fingerprint density at radius 3 is 2.45 bits per heavy atom. The van der Waals surface area contributed by atoms with E-state index in [4.69, 9.17) is 4.42 Å². The Balaban J connectivity index is 1.34. The second kappa shape index (κ2) is 4.78. The van der Waals surface area contributed by atoms with Gasteiger partial charge < -0.3 is 9.73 Å². The van der Waals surface area contributed by atoms with Crippen molar-refractivity contribution >= 4 is 0 Å². The first-order valence-corrected chi connectivity index (χ1v) is 7.68. The van der Waals surface area contributed by atoms with Crippen molar-refractivity contribution in [2.45, 2.75) is 44.7 Å². The summed E-state index contributed by atoms with van der Waals surface area (Å²) in [5.74, 6) is 3.75. The van der Waals surface area contributed by atoms with Crippen LogP contribution in [0, 0.1) is 5.92 Å². The molecule has 1 saturated carbocycles. The fraction of sp³-hybridized carbons (Fsp3) is 0.444. The van der Waals surface area contributed by atoms with Crippen molar-refractivity contribution in [3.05, 3.63) is 59.0 Å². The second-order valence-corrected chi connectivity index (χ2v) is 6.38. The number of fused-ring (bicyclic) bond motifs is 1. The van der Waals surface area contributed by atoms with E-state index in [0.717, 1.165) is 31.1 Å². The van der Waals surface area contributed by atoms with Crippen molar-refractivity contribution < 1.29 is 4.42 Å². The first kappa shape index (κ1) is 12.2. The van der Waals surface area contributed by atoms with Gasteiger partial charge in [-0.1, -0.05) is 31.2 Å². The molecule has 2 unspecified atom stereocenters. The van der Waals surface area contributed by atoms with Gasteiger partial charge in [-0.25, -0.2) is 0 Å². The van der Waals surface area contributed by atoms with Crippen LogP contribution in [0.15, 0.2) is 40.8 Å². The fourth-order valence-electron chi connectivity index (χ4n) is 3.36. The van der Waals surface area contributed by atoms with E-state index in [0.29, 0.717) is 12.0 Å². The van der Waals surface area contributed by atoms with Gasteiger partial charge in [0.05, 0.1) is 6.54 Å². The highest BCUT2D eigenvalue weighted by molar-refractivity contribution is 5.33. The fourth-order valence-corrected chi connectivity index (χ4v) is 3.36. The van der Waals surface area contributed by atoms with Crippen molar-refractivity contribution in [3.63, 3.8) is 0 Å². The molecule has 1 aromatic heterocycles. The van der Waals surface area contributed by atoms with E-state index in [-0.39, 0.29) is 0 Å². The summed E-state index contributed by atoms with van der Waals surface area (Å²) in [6.45, 7) is 3.14. The first-order valence-electron chi connectivity index (χ1n) is 7.68. The largest absolute Gasteiger partial charge is 0.464 e. The molecule has 2 aliphatic rings. The van der Waals surface area contributed by atoms with Gasteiger partial charge in [-0.05, 0) is 48.4 Å². The molecule has 1 N–H and O–H groups in total. The maximum absolute atomic E-state index is 5.95. The number of hydrogen-bond acceptors (Lipinski definition) is 2. The summed E-state index contributed by atoms with van der Waals surface area (Å²) in [7, 11) is 0. The van der Waals surface area contributed by atoms with Crippen molar-refractivity contribution in [3.8, 4) is 0 Å². The number of rotatable bonds is 4. The highest BCUT2D eigenvalue weighted by atomic mass is 16.3. The molecule has 2 aromatic rings. The summed E-state index contributed by atoms with van der Waals surface area (Å²) in [6.07, 6.45) is 3.57. The van der Waals surface area contributed by atoms with Gasteiger partial charge in [0.1, 0.15) is 11.5 Å². The molecule has 0 spiro atoms. The monoisotopic (exact) mass is 267 g/mol. The topological polar surface area (TPSA) is 25.2 Å². The van der Waals surface area contributed by atoms with Crippen LogP contribution in [0.25, 0.3) is 0 Å². The molecule has 0 amide bonds. The Kier molecular flexibility index (Phi) is 2.92. The van der Waals surface area contributed by atoms with Crippen LogP contribution in [0.3, 0.4) is 0 Å². The zero-order valence-electron chi connectivity index (χ0n) is 11.9. The average Bonchev–Trinajstić information content (AvgIpc) is 2.92. The molecule has 20 heavy (non-hydrogen) atoms. The van der Waals surface area contributed by atoms with Crippen molar-refractivity contribution in [1.29, 1.82) is 0 Å². The van der Waals surface area contributed by atoms with Gasteiger partial charge in [-0.15, -0.1) is 0 Å².